The second kappa shape index (κ2) is 8.99. The topological polar surface area (TPSA) is 78.6 Å². The molecular formula is C12H18Cl2FN3O3. The number of piperazine rings is 1. The number of phenols is 1. The zero-order valence-corrected chi connectivity index (χ0v) is 12.8. The monoisotopic (exact) mass is 341 g/mol. The minimum Gasteiger partial charge on any atom is -0.508 e. The van der Waals surface area contributed by atoms with Crippen LogP contribution in [0.4, 0.5) is 10.1 Å². The molecular weight excluding hydrogens is 324 g/mol. The minimum absolute atomic E-state index is 0. The first kappa shape index (κ1) is 19.9. The highest BCUT2D eigenvalue weighted by Gasteiger charge is 2.26. The van der Waals surface area contributed by atoms with Gasteiger partial charge < -0.3 is 10.4 Å². The number of nitro groups is 1. The molecule has 1 aliphatic heterocycles. The number of halogens is 3. The molecule has 1 heterocycles. The van der Waals surface area contributed by atoms with Crippen molar-refractivity contribution in [2.24, 2.45) is 0 Å². The van der Waals surface area contributed by atoms with Crippen LogP contribution in [0.1, 0.15) is 11.6 Å². The van der Waals surface area contributed by atoms with Gasteiger partial charge in [-0.25, -0.2) is 4.39 Å². The largest absolute Gasteiger partial charge is 0.508 e. The molecule has 0 unspecified atom stereocenters. The molecule has 9 heteroatoms. The molecule has 0 amide bonds. The molecule has 2 rings (SSSR count). The van der Waals surface area contributed by atoms with Gasteiger partial charge in [-0.15, -0.1) is 24.8 Å². The van der Waals surface area contributed by atoms with E-state index in [0.717, 1.165) is 13.1 Å². The summed E-state index contributed by atoms with van der Waals surface area (Å²) in [5, 5.41) is 23.7. The van der Waals surface area contributed by atoms with Gasteiger partial charge in [-0.05, 0) is 6.07 Å². The van der Waals surface area contributed by atoms with Crippen molar-refractivity contribution in [3.05, 3.63) is 33.9 Å². The fourth-order valence-corrected chi connectivity index (χ4v) is 2.29. The Balaban J connectivity index is 0.00000200. The van der Waals surface area contributed by atoms with Crippen LogP contribution in [0.5, 0.6) is 5.75 Å². The van der Waals surface area contributed by atoms with Gasteiger partial charge in [0.15, 0.2) is 0 Å². The van der Waals surface area contributed by atoms with Crippen LogP contribution in [0.15, 0.2) is 18.2 Å². The predicted octanol–water partition coefficient (Wildman–Crippen LogP) is 2.06. The molecule has 1 saturated heterocycles. The predicted molar refractivity (Wildman–Crippen MR) is 82.4 cm³/mol. The SMILES string of the molecule is Cl.Cl.O=[N+]([O-])c1ccc(O)c([C@H](CF)N2CCNCC2)c1. The zero-order chi connectivity index (χ0) is 13.8. The van der Waals surface area contributed by atoms with Crippen LogP contribution in [0.25, 0.3) is 0 Å². The molecule has 21 heavy (non-hydrogen) atoms. The number of non-ortho nitro benzene ring substituents is 1. The molecule has 6 nitrogen and oxygen atoms in total. The molecule has 0 aromatic heterocycles. The number of hydrogen-bond acceptors (Lipinski definition) is 5. The van der Waals surface area contributed by atoms with Crippen LogP contribution in [0.2, 0.25) is 0 Å². The smallest absolute Gasteiger partial charge is 0.270 e. The van der Waals surface area contributed by atoms with E-state index in [1.54, 1.807) is 0 Å². The van der Waals surface area contributed by atoms with E-state index in [2.05, 4.69) is 5.32 Å². The van der Waals surface area contributed by atoms with Crippen molar-refractivity contribution in [1.29, 1.82) is 0 Å². The van der Waals surface area contributed by atoms with Gasteiger partial charge in [0.05, 0.1) is 11.0 Å². The van der Waals surface area contributed by atoms with Gasteiger partial charge in [-0.1, -0.05) is 0 Å². The van der Waals surface area contributed by atoms with Crippen molar-refractivity contribution in [3.8, 4) is 5.75 Å². The van der Waals surface area contributed by atoms with Crippen LogP contribution in [0.3, 0.4) is 0 Å². The number of hydrogen-bond donors (Lipinski definition) is 2. The van der Waals surface area contributed by atoms with Gasteiger partial charge in [-0.3, -0.25) is 15.0 Å². The number of rotatable bonds is 4. The Bertz CT molecular complexity index is 473. The van der Waals surface area contributed by atoms with Crippen molar-refractivity contribution in [2.75, 3.05) is 32.9 Å². The highest BCUT2D eigenvalue weighted by Crippen LogP contribution is 2.32. The number of alkyl halides is 1. The van der Waals surface area contributed by atoms with Gasteiger partial charge in [0.25, 0.3) is 5.69 Å². The minimum atomic E-state index is -0.686. The molecule has 0 saturated carbocycles. The molecule has 0 bridgehead atoms. The third-order valence-electron chi connectivity index (χ3n) is 3.32. The number of benzene rings is 1. The summed E-state index contributed by atoms with van der Waals surface area (Å²) in [4.78, 5) is 12.1. The maximum atomic E-state index is 13.3. The van der Waals surface area contributed by atoms with E-state index in [4.69, 9.17) is 0 Å². The van der Waals surface area contributed by atoms with Gasteiger partial charge in [-0.2, -0.15) is 0 Å². The standard InChI is InChI=1S/C12H16FN3O3.2ClH/c13-8-11(15-5-3-14-4-6-15)10-7-9(16(18)19)1-2-12(10)17;;/h1-2,7,11,14,17H,3-6,8H2;2*1H/t11-;;/m0../s1. The number of nitrogens with zero attached hydrogens (tertiary/aromatic N) is 2. The molecule has 1 atom stereocenters. The summed E-state index contributed by atoms with van der Waals surface area (Å²) >= 11 is 0. The van der Waals surface area contributed by atoms with Crippen molar-refractivity contribution >= 4 is 30.5 Å². The first-order valence-electron chi connectivity index (χ1n) is 6.11. The van der Waals surface area contributed by atoms with Gasteiger partial charge in [0.2, 0.25) is 0 Å². The van der Waals surface area contributed by atoms with Crippen LogP contribution in [-0.2, 0) is 0 Å². The Kier molecular flexibility index (Phi) is 8.50. The molecule has 0 spiro atoms. The Morgan fingerprint density at radius 3 is 2.52 bits per heavy atom. The van der Waals surface area contributed by atoms with Gasteiger partial charge >= 0.3 is 0 Å². The van der Waals surface area contributed by atoms with E-state index >= 15 is 0 Å². The normalized spacial score (nSPS) is 16.4. The summed E-state index contributed by atoms with van der Waals surface area (Å²) in [5.74, 6) is -0.105. The molecule has 2 N–H and O–H groups in total. The third-order valence-corrected chi connectivity index (χ3v) is 3.32. The highest BCUT2D eigenvalue weighted by molar-refractivity contribution is 5.85. The molecule has 1 aromatic carbocycles. The quantitative estimate of drug-likeness (QED) is 0.647. The van der Waals surface area contributed by atoms with E-state index in [-0.39, 0.29) is 41.8 Å². The first-order chi connectivity index (χ1) is 9.13. The van der Waals surface area contributed by atoms with E-state index in [9.17, 15) is 19.6 Å². The van der Waals surface area contributed by atoms with Crippen molar-refractivity contribution in [3.63, 3.8) is 0 Å². The van der Waals surface area contributed by atoms with Crippen LogP contribution in [0, 0.1) is 10.1 Å². The summed E-state index contributed by atoms with van der Waals surface area (Å²) in [7, 11) is 0. The Morgan fingerprint density at radius 2 is 2.00 bits per heavy atom. The lowest BCUT2D eigenvalue weighted by atomic mass is 10.0. The number of nitro benzene ring substituents is 1. The third kappa shape index (κ3) is 4.67. The van der Waals surface area contributed by atoms with Crippen LogP contribution < -0.4 is 5.32 Å². The maximum absolute atomic E-state index is 13.3. The average Bonchev–Trinajstić information content (AvgIpc) is 2.42. The molecule has 1 aliphatic rings. The average molecular weight is 342 g/mol. The molecule has 1 aromatic rings. The lowest BCUT2D eigenvalue weighted by Gasteiger charge is -2.33. The zero-order valence-electron chi connectivity index (χ0n) is 11.2. The summed E-state index contributed by atoms with van der Waals surface area (Å²) < 4.78 is 13.3. The van der Waals surface area contributed by atoms with Gasteiger partial charge in [0, 0.05) is 43.9 Å². The Labute approximate surface area is 134 Å². The lowest BCUT2D eigenvalue weighted by Crippen LogP contribution is -2.45. The van der Waals surface area contributed by atoms with Crippen molar-refractivity contribution in [2.45, 2.75) is 6.04 Å². The summed E-state index contributed by atoms with van der Waals surface area (Å²) in [5.41, 5.74) is 0.139. The lowest BCUT2D eigenvalue weighted by molar-refractivity contribution is -0.385. The highest BCUT2D eigenvalue weighted by atomic mass is 35.5. The van der Waals surface area contributed by atoms with Crippen LogP contribution in [-0.4, -0.2) is 47.8 Å². The number of nitrogens with one attached hydrogen (secondary N) is 1. The van der Waals surface area contributed by atoms with E-state index < -0.39 is 17.6 Å². The first-order valence-corrected chi connectivity index (χ1v) is 6.11. The van der Waals surface area contributed by atoms with Crippen molar-refractivity contribution < 1.29 is 14.4 Å². The molecule has 1 fully saturated rings. The Hall–Kier alpha value is -1.15. The maximum Gasteiger partial charge on any atom is 0.270 e. The van der Waals surface area contributed by atoms with Gasteiger partial charge in [0.1, 0.15) is 12.4 Å². The number of phenolic OH excluding ortho intramolecular Hbond substituents is 1. The Morgan fingerprint density at radius 1 is 1.38 bits per heavy atom. The number of aromatic hydroxyl groups is 1. The summed E-state index contributed by atoms with van der Waals surface area (Å²) in [6.45, 7) is 2.10. The van der Waals surface area contributed by atoms with E-state index in [1.165, 1.54) is 18.2 Å². The van der Waals surface area contributed by atoms with E-state index in [1.807, 2.05) is 4.90 Å². The summed E-state index contributed by atoms with van der Waals surface area (Å²) in [6.07, 6.45) is 0. The summed E-state index contributed by atoms with van der Waals surface area (Å²) in [6, 6.07) is 3.08. The molecule has 0 aliphatic carbocycles. The fraction of sp³-hybridized carbons (Fsp3) is 0.500. The molecule has 0 radical (unpaired) electrons. The second-order valence-electron chi connectivity index (χ2n) is 4.46. The second-order valence-corrected chi connectivity index (χ2v) is 4.46. The fourth-order valence-electron chi connectivity index (χ4n) is 2.29. The molecule has 120 valence electrons. The van der Waals surface area contributed by atoms with Crippen molar-refractivity contribution in [1.82, 2.24) is 10.2 Å². The van der Waals surface area contributed by atoms with Crippen LogP contribution >= 0.6 is 24.8 Å². The van der Waals surface area contributed by atoms with E-state index in [0.29, 0.717) is 13.1 Å².